The van der Waals surface area contributed by atoms with Gasteiger partial charge in [0.25, 0.3) is 0 Å². The van der Waals surface area contributed by atoms with Crippen molar-refractivity contribution in [3.05, 3.63) is 15.6 Å². The molecule has 2 unspecified atom stereocenters. The molecule has 0 fully saturated rings. The van der Waals surface area contributed by atoms with Crippen LogP contribution in [0.15, 0.2) is 0 Å². The Labute approximate surface area is 102 Å². The zero-order valence-corrected chi connectivity index (χ0v) is 11.5. The lowest BCUT2D eigenvalue weighted by molar-refractivity contribution is 0.441. The van der Waals surface area contributed by atoms with Crippen molar-refractivity contribution in [2.45, 2.75) is 40.2 Å². The highest BCUT2D eigenvalue weighted by Crippen LogP contribution is 2.24. The lowest BCUT2D eigenvalue weighted by atomic mass is 10.1. The van der Waals surface area contributed by atoms with Gasteiger partial charge in [-0.05, 0) is 39.8 Å². The van der Waals surface area contributed by atoms with Gasteiger partial charge < -0.3 is 11.1 Å². The minimum absolute atomic E-state index is 0.381. The maximum atomic E-state index is 5.69. The van der Waals surface area contributed by atoms with Crippen molar-refractivity contribution >= 4 is 11.3 Å². The van der Waals surface area contributed by atoms with Gasteiger partial charge in [-0.2, -0.15) is 0 Å². The molecule has 16 heavy (non-hydrogen) atoms. The van der Waals surface area contributed by atoms with Crippen molar-refractivity contribution in [2.24, 2.45) is 11.7 Å². The van der Waals surface area contributed by atoms with Crippen LogP contribution in [0, 0.1) is 19.8 Å². The summed E-state index contributed by atoms with van der Waals surface area (Å²) in [7, 11) is 0. The van der Waals surface area contributed by atoms with Gasteiger partial charge in [0.1, 0.15) is 0 Å². The number of rotatable bonds is 6. The monoisotopic (exact) mass is 241 g/mol. The molecule has 1 heterocycles. The Morgan fingerprint density at radius 1 is 1.44 bits per heavy atom. The Kier molecular flexibility index (Phi) is 5.38. The minimum Gasteiger partial charge on any atom is -0.330 e. The normalized spacial score (nSPS) is 15.1. The highest BCUT2D eigenvalue weighted by molar-refractivity contribution is 7.11. The third-order valence-electron chi connectivity index (χ3n) is 2.96. The van der Waals surface area contributed by atoms with E-state index in [0.29, 0.717) is 12.0 Å². The highest BCUT2D eigenvalue weighted by atomic mass is 32.1. The number of aryl methyl sites for hydroxylation is 2. The number of nitrogens with two attached hydrogens (primary N) is 1. The summed E-state index contributed by atoms with van der Waals surface area (Å²) in [6.07, 6.45) is 1.14. The van der Waals surface area contributed by atoms with E-state index in [0.717, 1.165) is 30.2 Å². The molecule has 0 bridgehead atoms. The average Bonchev–Trinajstić information content (AvgIpc) is 2.59. The summed E-state index contributed by atoms with van der Waals surface area (Å²) in [6, 6.07) is 0.381. The average molecular weight is 241 g/mol. The fourth-order valence-electron chi connectivity index (χ4n) is 1.78. The van der Waals surface area contributed by atoms with E-state index < -0.39 is 0 Å². The summed E-state index contributed by atoms with van der Waals surface area (Å²) < 4.78 is 0. The van der Waals surface area contributed by atoms with Crippen molar-refractivity contribution in [3.63, 3.8) is 0 Å². The van der Waals surface area contributed by atoms with Gasteiger partial charge in [0.15, 0.2) is 0 Å². The predicted octanol–water partition coefficient (Wildman–Crippen LogP) is 2.40. The number of aromatic nitrogens is 1. The second-order valence-corrected chi connectivity index (χ2v) is 5.56. The summed E-state index contributed by atoms with van der Waals surface area (Å²) >= 11 is 1.78. The van der Waals surface area contributed by atoms with Crippen LogP contribution in [-0.2, 0) is 0 Å². The molecule has 0 aliphatic heterocycles. The molecular formula is C12H23N3S. The Morgan fingerprint density at radius 3 is 2.56 bits per heavy atom. The quantitative estimate of drug-likeness (QED) is 0.804. The standard InChI is InChI=1S/C12H23N3S/c1-5-11(6-13)7-14-8(2)12-9(3)15-10(4)16-12/h8,11,14H,5-7,13H2,1-4H3. The molecule has 0 amide bonds. The first-order valence-electron chi connectivity index (χ1n) is 5.95. The van der Waals surface area contributed by atoms with Gasteiger partial charge in [0, 0.05) is 10.9 Å². The minimum atomic E-state index is 0.381. The van der Waals surface area contributed by atoms with Gasteiger partial charge in [0.2, 0.25) is 0 Å². The molecule has 3 nitrogen and oxygen atoms in total. The third kappa shape index (κ3) is 3.54. The molecule has 0 aliphatic carbocycles. The van der Waals surface area contributed by atoms with Gasteiger partial charge in [0.05, 0.1) is 10.7 Å². The topological polar surface area (TPSA) is 50.9 Å². The van der Waals surface area contributed by atoms with Crippen LogP contribution in [0.1, 0.15) is 41.9 Å². The zero-order valence-electron chi connectivity index (χ0n) is 10.7. The number of nitrogens with zero attached hydrogens (tertiary/aromatic N) is 1. The number of thiazole rings is 1. The van der Waals surface area contributed by atoms with Gasteiger partial charge in [-0.15, -0.1) is 11.3 Å². The van der Waals surface area contributed by atoms with Crippen molar-refractivity contribution in [1.29, 1.82) is 0 Å². The smallest absolute Gasteiger partial charge is 0.0900 e. The second-order valence-electron chi connectivity index (χ2n) is 4.32. The maximum absolute atomic E-state index is 5.69. The van der Waals surface area contributed by atoms with Crippen molar-refractivity contribution in [2.75, 3.05) is 13.1 Å². The largest absolute Gasteiger partial charge is 0.330 e. The van der Waals surface area contributed by atoms with Gasteiger partial charge in [-0.1, -0.05) is 13.3 Å². The van der Waals surface area contributed by atoms with E-state index in [4.69, 9.17) is 5.73 Å². The molecule has 0 aliphatic rings. The van der Waals surface area contributed by atoms with Gasteiger partial charge in [-0.25, -0.2) is 4.98 Å². The van der Waals surface area contributed by atoms with E-state index in [9.17, 15) is 0 Å². The predicted molar refractivity (Wildman–Crippen MR) is 70.8 cm³/mol. The molecule has 3 N–H and O–H groups in total. The Balaban J connectivity index is 2.52. The van der Waals surface area contributed by atoms with Crippen LogP contribution in [0.2, 0.25) is 0 Å². The maximum Gasteiger partial charge on any atom is 0.0900 e. The summed E-state index contributed by atoms with van der Waals surface area (Å²) in [5.41, 5.74) is 6.85. The number of nitrogens with one attached hydrogen (secondary N) is 1. The molecule has 92 valence electrons. The number of hydrogen-bond donors (Lipinski definition) is 2. The summed E-state index contributed by atoms with van der Waals surface area (Å²) in [5, 5.41) is 4.69. The Morgan fingerprint density at radius 2 is 2.12 bits per heavy atom. The van der Waals surface area contributed by atoms with E-state index in [1.165, 1.54) is 4.88 Å². The van der Waals surface area contributed by atoms with Crippen molar-refractivity contribution < 1.29 is 0 Å². The SMILES string of the molecule is CCC(CN)CNC(C)c1sc(C)nc1C. The highest BCUT2D eigenvalue weighted by Gasteiger charge is 2.13. The summed E-state index contributed by atoms with van der Waals surface area (Å²) in [4.78, 5) is 5.80. The molecule has 1 rings (SSSR count). The second kappa shape index (κ2) is 6.33. The first-order chi connectivity index (χ1) is 7.58. The molecule has 2 atom stereocenters. The lowest BCUT2D eigenvalue weighted by Gasteiger charge is -2.17. The Hall–Kier alpha value is -0.450. The van der Waals surface area contributed by atoms with Crippen LogP contribution in [0.3, 0.4) is 0 Å². The Bertz CT molecular complexity index is 318. The fraction of sp³-hybridized carbons (Fsp3) is 0.750. The first kappa shape index (κ1) is 13.6. The van der Waals surface area contributed by atoms with Crippen LogP contribution in [-0.4, -0.2) is 18.1 Å². The van der Waals surface area contributed by atoms with Crippen LogP contribution in [0.5, 0.6) is 0 Å². The van der Waals surface area contributed by atoms with E-state index in [1.807, 2.05) is 0 Å². The molecule has 1 aromatic rings. The molecule has 1 aromatic heterocycles. The van der Waals surface area contributed by atoms with Crippen molar-refractivity contribution in [3.8, 4) is 0 Å². The first-order valence-corrected chi connectivity index (χ1v) is 6.77. The van der Waals surface area contributed by atoms with E-state index in [-0.39, 0.29) is 0 Å². The molecule has 4 heteroatoms. The molecule has 0 radical (unpaired) electrons. The van der Waals surface area contributed by atoms with Crippen LogP contribution in [0.25, 0.3) is 0 Å². The number of hydrogen-bond acceptors (Lipinski definition) is 4. The van der Waals surface area contributed by atoms with Gasteiger partial charge in [-0.3, -0.25) is 0 Å². The molecular weight excluding hydrogens is 218 g/mol. The van der Waals surface area contributed by atoms with E-state index in [1.54, 1.807) is 11.3 Å². The molecule has 0 spiro atoms. The fourth-order valence-corrected chi connectivity index (χ4v) is 2.73. The van der Waals surface area contributed by atoms with E-state index >= 15 is 0 Å². The van der Waals surface area contributed by atoms with E-state index in [2.05, 4.69) is 38.0 Å². The third-order valence-corrected chi connectivity index (χ3v) is 4.21. The molecule has 0 aromatic carbocycles. The van der Waals surface area contributed by atoms with Crippen molar-refractivity contribution in [1.82, 2.24) is 10.3 Å². The van der Waals surface area contributed by atoms with Crippen LogP contribution < -0.4 is 11.1 Å². The van der Waals surface area contributed by atoms with Crippen LogP contribution in [0.4, 0.5) is 0 Å². The van der Waals surface area contributed by atoms with Gasteiger partial charge >= 0.3 is 0 Å². The van der Waals surface area contributed by atoms with Crippen LogP contribution >= 0.6 is 11.3 Å². The molecule has 0 saturated heterocycles. The zero-order chi connectivity index (χ0) is 12.1. The molecule has 0 saturated carbocycles. The summed E-state index contributed by atoms with van der Waals surface area (Å²) in [5.74, 6) is 0.580. The summed E-state index contributed by atoms with van der Waals surface area (Å²) in [6.45, 7) is 10.3. The lowest BCUT2D eigenvalue weighted by Crippen LogP contribution is -2.29.